The summed E-state index contributed by atoms with van der Waals surface area (Å²) in [6, 6.07) is 14.1. The highest BCUT2D eigenvalue weighted by Gasteiger charge is 2.23. The Hall–Kier alpha value is -3.35. The van der Waals surface area contributed by atoms with E-state index in [9.17, 15) is 14.4 Å². The molecule has 0 atom stereocenters. The minimum absolute atomic E-state index is 0.00891. The molecule has 3 N–H and O–H groups in total. The molecule has 0 aliphatic heterocycles. The first-order valence-corrected chi connectivity index (χ1v) is 9.59. The van der Waals surface area contributed by atoms with E-state index in [0.29, 0.717) is 30.3 Å². The second kappa shape index (κ2) is 9.73. The fourth-order valence-corrected chi connectivity index (χ4v) is 2.81. The van der Waals surface area contributed by atoms with Gasteiger partial charge in [0.25, 0.3) is 5.91 Å². The topological polar surface area (TPSA) is 105 Å². The number of carboxylic acids is 1. The number of hydrogen-bond donors (Lipinski definition) is 3. The van der Waals surface area contributed by atoms with Gasteiger partial charge in [0.1, 0.15) is 5.75 Å². The number of carbonyl (C=O) groups excluding carboxylic acids is 2. The van der Waals surface area contributed by atoms with Crippen molar-refractivity contribution in [3.63, 3.8) is 0 Å². The van der Waals surface area contributed by atoms with Crippen molar-refractivity contribution in [3.8, 4) is 5.75 Å². The molecular formula is C22H24N2O5. The summed E-state index contributed by atoms with van der Waals surface area (Å²) in [7, 11) is 0. The van der Waals surface area contributed by atoms with Crippen LogP contribution in [0.4, 0.5) is 0 Å². The van der Waals surface area contributed by atoms with Crippen molar-refractivity contribution in [2.75, 3.05) is 13.2 Å². The molecule has 0 saturated heterocycles. The minimum Gasteiger partial charge on any atom is -0.484 e. The third-order valence-corrected chi connectivity index (χ3v) is 4.51. The smallest absolute Gasteiger partial charge is 0.335 e. The van der Waals surface area contributed by atoms with E-state index in [1.807, 2.05) is 12.1 Å². The summed E-state index contributed by atoms with van der Waals surface area (Å²) in [5.74, 6) is -0.646. The van der Waals surface area contributed by atoms with E-state index in [1.54, 1.807) is 24.3 Å². The van der Waals surface area contributed by atoms with E-state index in [-0.39, 0.29) is 30.4 Å². The average Bonchev–Trinajstić information content (AvgIpc) is 3.51. The fourth-order valence-electron chi connectivity index (χ4n) is 2.81. The van der Waals surface area contributed by atoms with Gasteiger partial charge in [0.2, 0.25) is 5.91 Å². The zero-order valence-corrected chi connectivity index (χ0v) is 16.0. The number of rotatable bonds is 10. The molecule has 1 saturated carbocycles. The number of amides is 2. The van der Waals surface area contributed by atoms with Crippen molar-refractivity contribution >= 4 is 17.8 Å². The lowest BCUT2D eigenvalue weighted by molar-refractivity contribution is -0.123. The van der Waals surface area contributed by atoms with Gasteiger partial charge in [0.05, 0.1) is 12.0 Å². The summed E-state index contributed by atoms with van der Waals surface area (Å²) in [5.41, 5.74) is 1.87. The van der Waals surface area contributed by atoms with Crippen LogP contribution in [0.3, 0.4) is 0 Å². The number of carboxylic acid groups (broad SMARTS) is 1. The predicted molar refractivity (Wildman–Crippen MR) is 107 cm³/mol. The predicted octanol–water partition coefficient (Wildman–Crippen LogP) is 1.94. The summed E-state index contributed by atoms with van der Waals surface area (Å²) < 4.78 is 5.46. The first-order valence-electron chi connectivity index (χ1n) is 9.59. The molecule has 0 radical (unpaired) electrons. The van der Waals surface area contributed by atoms with E-state index in [1.165, 1.54) is 12.1 Å². The zero-order chi connectivity index (χ0) is 20.6. The molecule has 29 heavy (non-hydrogen) atoms. The highest BCUT2D eigenvalue weighted by molar-refractivity contribution is 5.88. The van der Waals surface area contributed by atoms with Gasteiger partial charge in [-0.1, -0.05) is 24.3 Å². The van der Waals surface area contributed by atoms with E-state index in [4.69, 9.17) is 9.84 Å². The highest BCUT2D eigenvalue weighted by Crippen LogP contribution is 2.18. The molecule has 0 aromatic heterocycles. The van der Waals surface area contributed by atoms with Crippen LogP contribution in [0.25, 0.3) is 0 Å². The van der Waals surface area contributed by atoms with E-state index in [2.05, 4.69) is 10.6 Å². The van der Waals surface area contributed by atoms with Crippen LogP contribution in [0.2, 0.25) is 0 Å². The van der Waals surface area contributed by atoms with Crippen molar-refractivity contribution in [3.05, 3.63) is 65.2 Å². The maximum absolute atomic E-state index is 12.1. The number of ether oxygens (including phenoxy) is 1. The third kappa shape index (κ3) is 6.95. The Labute approximate surface area is 169 Å². The molecule has 2 aromatic rings. The molecule has 2 amide bonds. The average molecular weight is 396 g/mol. The number of hydrogen-bond acceptors (Lipinski definition) is 4. The lowest BCUT2D eigenvalue weighted by Crippen LogP contribution is -2.30. The number of carbonyl (C=O) groups is 3. The van der Waals surface area contributed by atoms with Crippen LogP contribution in [-0.4, -0.2) is 42.1 Å². The molecule has 152 valence electrons. The Morgan fingerprint density at radius 2 is 1.76 bits per heavy atom. The summed E-state index contributed by atoms with van der Waals surface area (Å²) in [5, 5.41) is 14.7. The van der Waals surface area contributed by atoms with E-state index >= 15 is 0 Å². The Balaban J connectivity index is 1.37. The first kappa shape index (κ1) is 20.4. The lowest BCUT2D eigenvalue weighted by atomic mass is 10.1. The fraction of sp³-hybridized carbons (Fsp3) is 0.318. The molecule has 1 aliphatic carbocycles. The van der Waals surface area contributed by atoms with Crippen LogP contribution in [-0.2, 0) is 22.4 Å². The monoisotopic (exact) mass is 396 g/mol. The summed E-state index contributed by atoms with van der Waals surface area (Å²) in [6.07, 6.45) is 2.89. The number of aromatic carboxylic acids is 1. The zero-order valence-electron chi connectivity index (χ0n) is 16.0. The Kier molecular flexibility index (Phi) is 6.84. The third-order valence-electron chi connectivity index (χ3n) is 4.51. The Morgan fingerprint density at radius 1 is 1.00 bits per heavy atom. The van der Waals surface area contributed by atoms with Crippen molar-refractivity contribution in [1.29, 1.82) is 0 Å². The van der Waals surface area contributed by atoms with Crippen molar-refractivity contribution in [2.24, 2.45) is 0 Å². The molecule has 1 fully saturated rings. The summed E-state index contributed by atoms with van der Waals surface area (Å²) in [6.45, 7) is 0.483. The molecule has 7 nitrogen and oxygen atoms in total. The number of nitrogens with one attached hydrogen (secondary N) is 2. The van der Waals surface area contributed by atoms with Crippen LogP contribution in [0.15, 0.2) is 48.5 Å². The molecule has 2 aromatic carbocycles. The van der Waals surface area contributed by atoms with Gasteiger partial charge >= 0.3 is 5.97 Å². The van der Waals surface area contributed by atoms with Crippen LogP contribution >= 0.6 is 0 Å². The van der Waals surface area contributed by atoms with Crippen molar-refractivity contribution < 1.29 is 24.2 Å². The first-order chi connectivity index (χ1) is 14.0. The van der Waals surface area contributed by atoms with Crippen molar-refractivity contribution in [1.82, 2.24) is 10.6 Å². The normalized spacial score (nSPS) is 12.8. The van der Waals surface area contributed by atoms with E-state index < -0.39 is 5.97 Å². The SMILES string of the molecule is O=C(Cc1cccc(C(=O)O)c1)NCCc1ccc(OCC(=O)NC2CC2)cc1. The minimum atomic E-state index is -1.01. The van der Waals surface area contributed by atoms with Crippen LogP contribution in [0, 0.1) is 0 Å². The van der Waals surface area contributed by atoms with Gasteiger partial charge in [-0.05, 0) is 54.7 Å². The van der Waals surface area contributed by atoms with Gasteiger partial charge in [-0.15, -0.1) is 0 Å². The largest absolute Gasteiger partial charge is 0.484 e. The number of benzene rings is 2. The van der Waals surface area contributed by atoms with Gasteiger partial charge in [-0.25, -0.2) is 4.79 Å². The quantitative estimate of drug-likeness (QED) is 0.569. The van der Waals surface area contributed by atoms with Crippen LogP contribution in [0.5, 0.6) is 5.75 Å². The molecule has 3 rings (SSSR count). The second-order valence-corrected chi connectivity index (χ2v) is 7.06. The van der Waals surface area contributed by atoms with Gasteiger partial charge in [0, 0.05) is 12.6 Å². The highest BCUT2D eigenvalue weighted by atomic mass is 16.5. The van der Waals surface area contributed by atoms with Gasteiger partial charge in [-0.3, -0.25) is 9.59 Å². The van der Waals surface area contributed by atoms with Crippen molar-refractivity contribution in [2.45, 2.75) is 31.7 Å². The molecule has 7 heteroatoms. The van der Waals surface area contributed by atoms with Gasteiger partial charge < -0.3 is 20.5 Å². The van der Waals surface area contributed by atoms with E-state index in [0.717, 1.165) is 18.4 Å². The van der Waals surface area contributed by atoms with Crippen LogP contribution in [0.1, 0.15) is 34.3 Å². The molecule has 0 heterocycles. The lowest BCUT2D eigenvalue weighted by Gasteiger charge is -2.08. The maximum Gasteiger partial charge on any atom is 0.335 e. The molecule has 0 spiro atoms. The Morgan fingerprint density at radius 3 is 2.45 bits per heavy atom. The summed E-state index contributed by atoms with van der Waals surface area (Å²) in [4.78, 5) is 34.6. The molecular weight excluding hydrogens is 372 g/mol. The molecule has 0 unspecified atom stereocenters. The molecule has 0 bridgehead atoms. The Bertz CT molecular complexity index is 875. The summed E-state index contributed by atoms with van der Waals surface area (Å²) >= 11 is 0. The van der Waals surface area contributed by atoms with Gasteiger partial charge in [-0.2, -0.15) is 0 Å². The maximum atomic E-state index is 12.1. The second-order valence-electron chi connectivity index (χ2n) is 7.06. The van der Waals surface area contributed by atoms with Gasteiger partial charge in [0.15, 0.2) is 6.61 Å². The molecule has 1 aliphatic rings. The van der Waals surface area contributed by atoms with Crippen LogP contribution < -0.4 is 15.4 Å². The standard InChI is InChI=1S/C22H24N2O5/c25-20(13-16-2-1-3-17(12-16)22(27)28)23-11-10-15-4-8-19(9-5-15)29-14-21(26)24-18-6-7-18/h1-5,8-9,12,18H,6-7,10-11,13-14H2,(H,23,25)(H,24,26)(H,27,28).